The molecule has 1 aliphatic rings. The first kappa shape index (κ1) is 62.9. The van der Waals surface area contributed by atoms with E-state index in [4.69, 9.17) is 28.4 Å². The van der Waals surface area contributed by atoms with Crippen LogP contribution < -0.4 is 4.74 Å². The number of carbonyl (C=O) groups excluding carboxylic acids is 4. The van der Waals surface area contributed by atoms with E-state index in [0.29, 0.717) is 23.5 Å². The number of nitrogens with zero attached hydrogens (tertiary/aromatic N) is 3. The first-order chi connectivity index (χ1) is 34.1. The highest BCUT2D eigenvalue weighted by Crippen LogP contribution is 2.32. The maximum atomic E-state index is 13.0. The molecule has 1 aliphatic heterocycles. The highest BCUT2D eigenvalue weighted by molar-refractivity contribution is 6.99. The van der Waals surface area contributed by atoms with E-state index in [1.165, 1.54) is 135 Å². The van der Waals surface area contributed by atoms with E-state index < -0.39 is 24.5 Å². The van der Waals surface area contributed by atoms with E-state index in [1.807, 2.05) is 14.0 Å². The van der Waals surface area contributed by atoms with Crippen molar-refractivity contribution < 1.29 is 52.1 Å². The van der Waals surface area contributed by atoms with Gasteiger partial charge in [-0.3, -0.25) is 18.9 Å². The molecule has 0 aliphatic carbocycles. The van der Waals surface area contributed by atoms with Gasteiger partial charge in [0.05, 0.1) is 38.5 Å². The molecule has 1 aromatic heterocycles. The van der Waals surface area contributed by atoms with Crippen molar-refractivity contribution in [1.29, 1.82) is 0 Å². The monoisotopic (exact) mass is 1010 g/mol. The van der Waals surface area contributed by atoms with Crippen molar-refractivity contribution in [3.05, 3.63) is 11.8 Å². The number of ether oxygens (including phenoxy) is 6. The van der Waals surface area contributed by atoms with Gasteiger partial charge in [-0.15, -0.1) is 4.37 Å². The van der Waals surface area contributed by atoms with Crippen molar-refractivity contribution in [2.75, 3.05) is 46.6 Å². The molecule has 404 valence electrons. The zero-order chi connectivity index (χ0) is 50.8. The third-order valence-electron chi connectivity index (χ3n) is 13.6. The summed E-state index contributed by atoms with van der Waals surface area (Å²) in [7, 11) is 2.04. The number of hydrogen-bond donors (Lipinski definition) is 0. The second kappa shape index (κ2) is 42.3. The fourth-order valence-corrected chi connectivity index (χ4v) is 9.37. The van der Waals surface area contributed by atoms with Gasteiger partial charge in [0.15, 0.2) is 6.10 Å². The standard InChI is InChI=1S/C56H100N3O10S/c1-6-9-12-15-17-19-21-23-25-27-29-31-33-39-51(60)66-46-50(47-67-52(61)40-34-32-30-28-26-24-22-20-18-16-13-10-7-2)69-53(62)41-37-44-65-56(63)68-48(4)59(5)42-36-38-49(45-59)54-55(58-70-57-54)64-43-35-14-11-8-3/h38,48,50H,6-37,39-47H2,1-5H3/q+1. The van der Waals surface area contributed by atoms with E-state index in [-0.39, 0.29) is 57.4 Å². The van der Waals surface area contributed by atoms with Gasteiger partial charge in [0, 0.05) is 38.2 Å². The first-order valence-electron chi connectivity index (χ1n) is 28.4. The topological polar surface area (TPSA) is 149 Å². The van der Waals surface area contributed by atoms with E-state index in [2.05, 4.69) is 35.6 Å². The minimum Gasteiger partial charge on any atom is -0.475 e. The Kier molecular flexibility index (Phi) is 38.0. The SMILES string of the molecule is CCCCCCCCCCCCCCCC(=O)OCC(COC(=O)CCCCCCCCCCCCCCC)OC(=O)CCCOC(=O)OC(C)[N+]1(C)CCC=C(c2nsnc2OCCCCCC)C1. The Morgan fingerprint density at radius 2 is 0.986 bits per heavy atom. The molecule has 70 heavy (non-hydrogen) atoms. The number of hydrogen-bond acceptors (Lipinski definition) is 13. The molecule has 0 aromatic carbocycles. The number of esters is 3. The highest BCUT2D eigenvalue weighted by atomic mass is 32.1. The van der Waals surface area contributed by atoms with Crippen molar-refractivity contribution in [1.82, 2.24) is 8.75 Å². The molecule has 0 saturated heterocycles. The molecule has 0 N–H and O–H groups in total. The van der Waals surface area contributed by atoms with Crippen molar-refractivity contribution >= 4 is 41.4 Å². The summed E-state index contributed by atoms with van der Waals surface area (Å²) in [5, 5.41) is 0. The van der Waals surface area contributed by atoms with Crippen LogP contribution in [0, 0.1) is 0 Å². The van der Waals surface area contributed by atoms with Crippen LogP contribution in [0.4, 0.5) is 4.79 Å². The van der Waals surface area contributed by atoms with Gasteiger partial charge in [0.1, 0.15) is 25.5 Å². The van der Waals surface area contributed by atoms with Crippen LogP contribution in [0.3, 0.4) is 0 Å². The van der Waals surface area contributed by atoms with E-state index >= 15 is 0 Å². The van der Waals surface area contributed by atoms with Crippen molar-refractivity contribution in [3.8, 4) is 5.88 Å². The van der Waals surface area contributed by atoms with Gasteiger partial charge in [-0.1, -0.05) is 200 Å². The van der Waals surface area contributed by atoms with Crippen LogP contribution in [0.25, 0.3) is 5.57 Å². The molecule has 14 heteroatoms. The molecule has 0 bridgehead atoms. The Bertz CT molecular complexity index is 1480. The van der Waals surface area contributed by atoms with Gasteiger partial charge >= 0.3 is 24.1 Å². The second-order valence-electron chi connectivity index (χ2n) is 20.1. The lowest BCUT2D eigenvalue weighted by atomic mass is 10.0. The molecule has 1 aromatic rings. The Labute approximate surface area is 429 Å². The lowest BCUT2D eigenvalue weighted by Crippen LogP contribution is -2.55. The van der Waals surface area contributed by atoms with Gasteiger partial charge in [0.2, 0.25) is 6.23 Å². The van der Waals surface area contributed by atoms with Crippen molar-refractivity contribution in [2.45, 2.75) is 265 Å². The molecule has 0 saturated carbocycles. The lowest BCUT2D eigenvalue weighted by Gasteiger charge is -2.41. The van der Waals surface area contributed by atoms with E-state index in [1.54, 1.807) is 0 Å². The maximum absolute atomic E-state index is 13.0. The summed E-state index contributed by atoms with van der Waals surface area (Å²) in [5.74, 6) is -0.726. The third kappa shape index (κ3) is 31.9. The van der Waals surface area contributed by atoms with E-state index in [9.17, 15) is 19.2 Å². The Morgan fingerprint density at radius 3 is 1.47 bits per heavy atom. The van der Waals surface area contributed by atoms with Gasteiger partial charge < -0.3 is 28.4 Å². The van der Waals surface area contributed by atoms with Gasteiger partial charge in [-0.05, 0) is 25.7 Å². The average Bonchev–Trinajstić information content (AvgIpc) is 3.82. The molecule has 13 nitrogen and oxygen atoms in total. The molecular formula is C56H100N3O10S+. The van der Waals surface area contributed by atoms with Crippen molar-refractivity contribution in [3.63, 3.8) is 0 Å². The quantitative estimate of drug-likeness (QED) is 0.0265. The van der Waals surface area contributed by atoms with Crippen LogP contribution in [0.2, 0.25) is 0 Å². The van der Waals surface area contributed by atoms with Crippen LogP contribution in [-0.2, 0) is 38.1 Å². The largest absolute Gasteiger partial charge is 0.512 e. The maximum Gasteiger partial charge on any atom is 0.512 e. The van der Waals surface area contributed by atoms with Crippen molar-refractivity contribution in [2.24, 2.45) is 0 Å². The molecule has 0 radical (unpaired) electrons. The molecule has 0 fully saturated rings. The van der Waals surface area contributed by atoms with Crippen LogP contribution in [0.1, 0.15) is 258 Å². The number of likely N-dealkylation sites (N-methyl/N-ethyl adjacent to an activating group) is 1. The summed E-state index contributed by atoms with van der Waals surface area (Å²) < 4.78 is 43.2. The molecule has 0 amide bonds. The molecule has 0 spiro atoms. The van der Waals surface area contributed by atoms with Crippen LogP contribution in [0.15, 0.2) is 6.08 Å². The number of aromatic nitrogens is 2. The number of quaternary nitrogens is 1. The van der Waals surface area contributed by atoms with Gasteiger partial charge in [0.25, 0.3) is 5.88 Å². The van der Waals surface area contributed by atoms with Crippen LogP contribution in [0.5, 0.6) is 5.88 Å². The third-order valence-corrected chi connectivity index (χ3v) is 14.1. The van der Waals surface area contributed by atoms with E-state index in [0.717, 1.165) is 93.7 Å². The fourth-order valence-electron chi connectivity index (χ4n) is 8.84. The summed E-state index contributed by atoms with van der Waals surface area (Å²) in [6.45, 7) is 10.0. The van der Waals surface area contributed by atoms with Crippen LogP contribution in [-0.4, -0.2) is 96.2 Å². The second-order valence-corrected chi connectivity index (χ2v) is 20.6. The van der Waals surface area contributed by atoms with Gasteiger partial charge in [-0.2, -0.15) is 4.37 Å². The predicted molar refractivity (Wildman–Crippen MR) is 282 cm³/mol. The Morgan fingerprint density at radius 1 is 0.543 bits per heavy atom. The Hall–Kier alpha value is -3.26. The summed E-state index contributed by atoms with van der Waals surface area (Å²) in [4.78, 5) is 51.2. The lowest BCUT2D eigenvalue weighted by molar-refractivity contribution is -0.944. The normalized spacial score (nSPS) is 15.1. The molecule has 2 rings (SSSR count). The van der Waals surface area contributed by atoms with Gasteiger partial charge in [-0.25, -0.2) is 4.79 Å². The summed E-state index contributed by atoms with van der Waals surface area (Å²) >= 11 is 1.13. The molecular weight excluding hydrogens is 907 g/mol. The minimum atomic E-state index is -0.938. The molecule has 2 unspecified atom stereocenters. The number of carbonyl (C=O) groups is 4. The summed E-state index contributed by atoms with van der Waals surface area (Å²) in [6, 6.07) is 0. The first-order valence-corrected chi connectivity index (χ1v) is 29.2. The smallest absolute Gasteiger partial charge is 0.475 e. The zero-order valence-corrected chi connectivity index (χ0v) is 45.9. The highest BCUT2D eigenvalue weighted by Gasteiger charge is 2.37. The molecule has 2 heterocycles. The Balaban J connectivity index is 1.74. The fraction of sp³-hybridized carbons (Fsp3) is 0.857. The number of unbranched alkanes of at least 4 members (excludes halogenated alkanes) is 27. The zero-order valence-electron chi connectivity index (χ0n) is 45.1. The summed E-state index contributed by atoms with van der Waals surface area (Å²) in [5.41, 5.74) is 1.76. The predicted octanol–water partition coefficient (Wildman–Crippen LogP) is 15.0. The summed E-state index contributed by atoms with van der Waals surface area (Å²) in [6.07, 6.45) is 37.5. The molecule has 2 atom stereocenters. The number of rotatable bonds is 46. The average molecular weight is 1010 g/mol. The van der Waals surface area contributed by atoms with Crippen LogP contribution >= 0.6 is 11.7 Å². The minimum absolute atomic E-state index is 0.0497.